The molecule has 0 aliphatic heterocycles. The fraction of sp³-hybridized carbons (Fsp3) is 0.100. The lowest BCUT2D eigenvalue weighted by atomic mass is 10.1. The van der Waals surface area contributed by atoms with E-state index in [2.05, 4.69) is 38.5 Å². The Kier molecular flexibility index (Phi) is 4.04. The van der Waals surface area contributed by atoms with Gasteiger partial charge in [0.1, 0.15) is 0 Å². The lowest BCUT2D eigenvalue weighted by Crippen LogP contribution is -2.00. The van der Waals surface area contributed by atoms with Gasteiger partial charge in [0, 0.05) is 18.9 Å². The number of imidazole rings is 1. The van der Waals surface area contributed by atoms with Crippen LogP contribution in [0.25, 0.3) is 11.0 Å². The summed E-state index contributed by atoms with van der Waals surface area (Å²) in [5, 5.41) is 3.41. The van der Waals surface area contributed by atoms with Crippen molar-refractivity contribution in [1.82, 2.24) is 15.0 Å². The van der Waals surface area contributed by atoms with Gasteiger partial charge in [-0.05, 0) is 41.3 Å². The molecule has 3 N–H and O–H groups in total. The lowest BCUT2D eigenvalue weighted by molar-refractivity contribution is 1.11. The number of nitrogens with one attached hydrogen (secondary N) is 3. The first kappa shape index (κ1) is 15.2. The third kappa shape index (κ3) is 3.61. The Labute approximate surface area is 144 Å². The second-order valence-electron chi connectivity index (χ2n) is 6.06. The molecule has 5 heteroatoms. The molecular formula is C20H18N4O. The number of nitrogens with zero attached hydrogens (tertiary/aromatic N) is 1. The van der Waals surface area contributed by atoms with Gasteiger partial charge in [0.15, 0.2) is 0 Å². The topological polar surface area (TPSA) is 73.6 Å². The number of H-pyrrole nitrogens is 2. The highest BCUT2D eigenvalue weighted by Gasteiger charge is 2.03. The van der Waals surface area contributed by atoms with Crippen molar-refractivity contribution in [3.63, 3.8) is 0 Å². The van der Waals surface area contributed by atoms with Crippen molar-refractivity contribution in [3.05, 3.63) is 94.2 Å². The summed E-state index contributed by atoms with van der Waals surface area (Å²) in [6, 6.07) is 18.3. The Hall–Kier alpha value is -3.34. The van der Waals surface area contributed by atoms with Gasteiger partial charge < -0.3 is 15.3 Å². The largest absolute Gasteiger partial charge is 0.380 e. The molecule has 0 saturated carbocycles. The second kappa shape index (κ2) is 6.65. The van der Waals surface area contributed by atoms with Gasteiger partial charge in [-0.2, -0.15) is 0 Å². The third-order valence-corrected chi connectivity index (χ3v) is 4.12. The Bertz CT molecular complexity index is 1050. The van der Waals surface area contributed by atoms with Gasteiger partial charge >= 0.3 is 5.69 Å². The number of benzene rings is 2. The van der Waals surface area contributed by atoms with E-state index in [1.807, 2.05) is 48.8 Å². The van der Waals surface area contributed by atoms with Crippen molar-refractivity contribution in [2.24, 2.45) is 0 Å². The van der Waals surface area contributed by atoms with Crippen molar-refractivity contribution in [2.45, 2.75) is 13.0 Å². The van der Waals surface area contributed by atoms with E-state index >= 15 is 0 Å². The van der Waals surface area contributed by atoms with Crippen LogP contribution in [0.4, 0.5) is 5.69 Å². The van der Waals surface area contributed by atoms with Gasteiger partial charge in [-0.25, -0.2) is 4.79 Å². The number of pyridine rings is 1. The van der Waals surface area contributed by atoms with Gasteiger partial charge in [-0.1, -0.05) is 36.4 Å². The highest BCUT2D eigenvalue weighted by atomic mass is 16.1. The minimum absolute atomic E-state index is 0.180. The van der Waals surface area contributed by atoms with Crippen molar-refractivity contribution < 1.29 is 0 Å². The van der Waals surface area contributed by atoms with Crippen LogP contribution >= 0.6 is 0 Å². The molecule has 0 fully saturated rings. The van der Waals surface area contributed by atoms with Crippen molar-refractivity contribution in [3.8, 4) is 0 Å². The van der Waals surface area contributed by atoms with E-state index in [1.54, 1.807) is 0 Å². The molecule has 0 unspecified atom stereocenters. The SMILES string of the molecule is O=c1[nH]c2ccc(Cc3cncc(NCc4ccccc4)c3)cc2[nH]1. The van der Waals surface area contributed by atoms with Crippen LogP contribution < -0.4 is 11.0 Å². The number of fused-ring (bicyclic) bond motifs is 1. The molecule has 25 heavy (non-hydrogen) atoms. The van der Waals surface area contributed by atoms with Gasteiger partial charge in [0.2, 0.25) is 0 Å². The summed E-state index contributed by atoms with van der Waals surface area (Å²) in [5.41, 5.74) is 5.95. The zero-order valence-corrected chi connectivity index (χ0v) is 13.6. The fourth-order valence-corrected chi connectivity index (χ4v) is 2.91. The molecule has 2 aromatic carbocycles. The summed E-state index contributed by atoms with van der Waals surface area (Å²) < 4.78 is 0. The van der Waals surface area contributed by atoms with E-state index in [4.69, 9.17) is 0 Å². The van der Waals surface area contributed by atoms with Crippen molar-refractivity contribution in [2.75, 3.05) is 5.32 Å². The Balaban J connectivity index is 1.49. The van der Waals surface area contributed by atoms with Gasteiger partial charge in [-0.3, -0.25) is 4.98 Å². The summed E-state index contributed by atoms with van der Waals surface area (Å²) in [5.74, 6) is 0. The highest BCUT2D eigenvalue weighted by Crippen LogP contribution is 2.17. The van der Waals surface area contributed by atoms with Crippen LogP contribution in [0.5, 0.6) is 0 Å². The minimum Gasteiger partial charge on any atom is -0.380 e. The molecule has 2 aromatic heterocycles. The maximum atomic E-state index is 11.4. The molecule has 0 aliphatic carbocycles. The molecule has 124 valence electrons. The summed E-state index contributed by atoms with van der Waals surface area (Å²) >= 11 is 0. The first-order valence-corrected chi connectivity index (χ1v) is 8.19. The van der Waals surface area contributed by atoms with E-state index in [9.17, 15) is 4.79 Å². The third-order valence-electron chi connectivity index (χ3n) is 4.12. The number of anilines is 1. The zero-order valence-electron chi connectivity index (χ0n) is 13.6. The van der Waals surface area contributed by atoms with E-state index in [0.717, 1.165) is 40.8 Å². The summed E-state index contributed by atoms with van der Waals surface area (Å²) in [6.45, 7) is 0.766. The monoisotopic (exact) mass is 330 g/mol. The highest BCUT2D eigenvalue weighted by molar-refractivity contribution is 5.75. The molecule has 5 nitrogen and oxygen atoms in total. The number of rotatable bonds is 5. The molecule has 0 radical (unpaired) electrons. The maximum absolute atomic E-state index is 11.4. The van der Waals surface area contributed by atoms with Crippen molar-refractivity contribution in [1.29, 1.82) is 0 Å². The van der Waals surface area contributed by atoms with E-state index < -0.39 is 0 Å². The summed E-state index contributed by atoms with van der Waals surface area (Å²) in [4.78, 5) is 21.2. The second-order valence-corrected chi connectivity index (χ2v) is 6.06. The van der Waals surface area contributed by atoms with Crippen LogP contribution in [0.2, 0.25) is 0 Å². The fourth-order valence-electron chi connectivity index (χ4n) is 2.91. The average Bonchev–Trinajstić information content (AvgIpc) is 3.00. The molecule has 0 amide bonds. The summed E-state index contributed by atoms with van der Waals surface area (Å²) in [6.07, 6.45) is 4.47. The van der Waals surface area contributed by atoms with Gasteiger partial charge in [0.05, 0.1) is 16.7 Å². The van der Waals surface area contributed by atoms with Gasteiger partial charge in [0.25, 0.3) is 0 Å². The predicted molar refractivity (Wildman–Crippen MR) is 99.7 cm³/mol. The maximum Gasteiger partial charge on any atom is 0.323 e. The van der Waals surface area contributed by atoms with Crippen LogP contribution in [-0.2, 0) is 13.0 Å². The van der Waals surface area contributed by atoms with Crippen LogP contribution in [0.1, 0.15) is 16.7 Å². The first-order chi connectivity index (χ1) is 12.3. The standard InChI is InChI=1S/C20H18N4O/c25-20-23-18-7-6-15(10-19(18)24-20)8-16-9-17(13-21-11-16)22-12-14-4-2-1-3-5-14/h1-7,9-11,13,22H,8,12H2,(H2,23,24,25). The normalized spacial score (nSPS) is 10.9. The number of hydrogen-bond acceptors (Lipinski definition) is 3. The van der Waals surface area contributed by atoms with Crippen molar-refractivity contribution >= 4 is 16.7 Å². The van der Waals surface area contributed by atoms with E-state index in [-0.39, 0.29) is 5.69 Å². The predicted octanol–water partition coefficient (Wildman–Crippen LogP) is 3.45. The number of aromatic amines is 2. The zero-order chi connectivity index (χ0) is 17.1. The Morgan fingerprint density at radius 3 is 2.56 bits per heavy atom. The molecule has 4 rings (SSSR count). The van der Waals surface area contributed by atoms with E-state index in [1.165, 1.54) is 5.56 Å². The van der Waals surface area contributed by atoms with Crippen LogP contribution in [0, 0.1) is 0 Å². The molecular weight excluding hydrogens is 312 g/mol. The average molecular weight is 330 g/mol. The van der Waals surface area contributed by atoms with Crippen LogP contribution in [0.15, 0.2) is 71.8 Å². The number of aromatic nitrogens is 3. The molecule has 0 aliphatic rings. The minimum atomic E-state index is -0.180. The summed E-state index contributed by atoms with van der Waals surface area (Å²) in [7, 11) is 0. The smallest absolute Gasteiger partial charge is 0.323 e. The van der Waals surface area contributed by atoms with Crippen LogP contribution in [0.3, 0.4) is 0 Å². The van der Waals surface area contributed by atoms with E-state index in [0.29, 0.717) is 0 Å². The Morgan fingerprint density at radius 1 is 0.840 bits per heavy atom. The Morgan fingerprint density at radius 2 is 1.68 bits per heavy atom. The molecule has 0 saturated heterocycles. The molecule has 4 aromatic rings. The van der Waals surface area contributed by atoms with Crippen LogP contribution in [-0.4, -0.2) is 15.0 Å². The molecule has 0 spiro atoms. The first-order valence-electron chi connectivity index (χ1n) is 8.19. The number of hydrogen-bond donors (Lipinski definition) is 3. The lowest BCUT2D eigenvalue weighted by Gasteiger charge is -2.08. The molecule has 0 atom stereocenters. The molecule has 0 bridgehead atoms. The molecule has 2 heterocycles. The van der Waals surface area contributed by atoms with Gasteiger partial charge in [-0.15, -0.1) is 0 Å². The quantitative estimate of drug-likeness (QED) is 0.525.